The van der Waals surface area contributed by atoms with Crippen LogP contribution in [0.4, 0.5) is 0 Å². The highest BCUT2D eigenvalue weighted by molar-refractivity contribution is 7.89. The second-order valence-electron chi connectivity index (χ2n) is 7.00. The molecular formula is C21H25N3O3S. The molecule has 1 fully saturated rings. The summed E-state index contributed by atoms with van der Waals surface area (Å²) < 4.78 is 33.2. The van der Waals surface area contributed by atoms with E-state index in [-0.39, 0.29) is 0 Å². The van der Waals surface area contributed by atoms with Gasteiger partial charge in [0.1, 0.15) is 12.4 Å². The number of sulfonamides is 1. The van der Waals surface area contributed by atoms with Crippen LogP contribution in [0.5, 0.6) is 5.75 Å². The largest absolute Gasteiger partial charge is 0.492 e. The summed E-state index contributed by atoms with van der Waals surface area (Å²) in [5.41, 5.74) is 2.45. The van der Waals surface area contributed by atoms with Crippen LogP contribution in [0.2, 0.25) is 0 Å². The van der Waals surface area contributed by atoms with Crippen molar-refractivity contribution < 1.29 is 13.2 Å². The van der Waals surface area contributed by atoms with Crippen molar-refractivity contribution in [2.24, 2.45) is 0 Å². The molecule has 0 aliphatic carbocycles. The first-order valence-corrected chi connectivity index (χ1v) is 10.8. The predicted octanol–water partition coefficient (Wildman–Crippen LogP) is 2.56. The molecule has 0 bridgehead atoms. The summed E-state index contributed by atoms with van der Waals surface area (Å²) in [7, 11) is -3.45. The van der Waals surface area contributed by atoms with Gasteiger partial charge in [0.05, 0.1) is 16.5 Å². The molecule has 0 unspecified atom stereocenters. The average molecular weight is 400 g/mol. The van der Waals surface area contributed by atoms with Crippen molar-refractivity contribution in [3.8, 4) is 11.8 Å². The minimum Gasteiger partial charge on any atom is -0.492 e. The van der Waals surface area contributed by atoms with E-state index in [2.05, 4.69) is 11.0 Å². The maximum atomic E-state index is 12.9. The zero-order valence-corrected chi connectivity index (χ0v) is 17.1. The molecule has 1 heterocycles. The van der Waals surface area contributed by atoms with E-state index in [1.54, 1.807) is 34.6 Å². The summed E-state index contributed by atoms with van der Waals surface area (Å²) >= 11 is 0. The summed E-state index contributed by atoms with van der Waals surface area (Å²) in [6.07, 6.45) is 0. The van der Waals surface area contributed by atoms with Gasteiger partial charge in [-0.1, -0.05) is 17.7 Å². The third kappa shape index (κ3) is 4.71. The fourth-order valence-corrected chi connectivity index (χ4v) is 4.97. The number of nitriles is 1. The number of nitrogens with zero attached hydrogens (tertiary/aromatic N) is 3. The van der Waals surface area contributed by atoms with Crippen LogP contribution in [0.15, 0.2) is 47.4 Å². The van der Waals surface area contributed by atoms with E-state index in [1.165, 1.54) is 0 Å². The Hall–Kier alpha value is -2.40. The van der Waals surface area contributed by atoms with Gasteiger partial charge in [0, 0.05) is 32.7 Å². The molecule has 2 aromatic carbocycles. The number of hydrogen-bond acceptors (Lipinski definition) is 5. The van der Waals surface area contributed by atoms with E-state index in [1.807, 2.05) is 26.0 Å². The van der Waals surface area contributed by atoms with E-state index < -0.39 is 10.0 Å². The Labute approximate surface area is 167 Å². The smallest absolute Gasteiger partial charge is 0.243 e. The monoisotopic (exact) mass is 399 g/mol. The first-order valence-electron chi connectivity index (χ1n) is 9.33. The van der Waals surface area contributed by atoms with Crippen molar-refractivity contribution in [1.29, 1.82) is 5.26 Å². The van der Waals surface area contributed by atoms with Crippen molar-refractivity contribution >= 4 is 10.0 Å². The summed E-state index contributed by atoms with van der Waals surface area (Å²) in [5.74, 6) is 0.732. The van der Waals surface area contributed by atoms with E-state index in [0.29, 0.717) is 43.2 Å². The van der Waals surface area contributed by atoms with E-state index >= 15 is 0 Å². The van der Waals surface area contributed by atoms with Gasteiger partial charge in [-0.05, 0) is 49.7 Å². The molecule has 0 atom stereocenters. The minimum absolute atomic E-state index is 0.399. The van der Waals surface area contributed by atoms with E-state index in [9.17, 15) is 8.42 Å². The lowest BCUT2D eigenvalue weighted by molar-refractivity contribution is 0.159. The highest BCUT2D eigenvalue weighted by Gasteiger charge is 2.29. The SMILES string of the molecule is Cc1ccc(S(=O)(=O)N2CCN(CCOc3ccc(C#N)cc3)CC2)c(C)c1. The van der Waals surface area contributed by atoms with Crippen molar-refractivity contribution in [1.82, 2.24) is 9.21 Å². The number of benzene rings is 2. The minimum atomic E-state index is -3.45. The van der Waals surface area contributed by atoms with Gasteiger partial charge in [-0.15, -0.1) is 0 Å². The Morgan fingerprint density at radius 2 is 1.71 bits per heavy atom. The number of aryl methyl sites for hydroxylation is 2. The van der Waals surface area contributed by atoms with Gasteiger partial charge in [0.15, 0.2) is 0 Å². The summed E-state index contributed by atoms with van der Waals surface area (Å²) in [5, 5.41) is 8.81. The summed E-state index contributed by atoms with van der Waals surface area (Å²) in [6.45, 7) is 7.38. The first-order chi connectivity index (χ1) is 13.4. The highest BCUT2D eigenvalue weighted by atomic mass is 32.2. The Morgan fingerprint density at radius 1 is 1.04 bits per heavy atom. The maximum absolute atomic E-state index is 12.9. The van der Waals surface area contributed by atoms with Crippen LogP contribution in [0, 0.1) is 25.2 Å². The van der Waals surface area contributed by atoms with Crippen LogP contribution in [0.1, 0.15) is 16.7 Å². The highest BCUT2D eigenvalue weighted by Crippen LogP contribution is 2.22. The molecule has 2 aromatic rings. The molecule has 1 aliphatic rings. The standard InChI is InChI=1S/C21H25N3O3S/c1-17-3-8-21(18(2)15-17)28(25,26)24-11-9-23(10-12-24)13-14-27-20-6-4-19(16-22)5-7-20/h3-8,15H,9-14H2,1-2H3. The molecule has 148 valence electrons. The lowest BCUT2D eigenvalue weighted by Gasteiger charge is -2.34. The number of rotatable bonds is 6. The van der Waals surface area contributed by atoms with Crippen LogP contribution in [0.25, 0.3) is 0 Å². The van der Waals surface area contributed by atoms with Gasteiger partial charge < -0.3 is 4.74 Å². The molecule has 28 heavy (non-hydrogen) atoms. The van der Waals surface area contributed by atoms with Crippen LogP contribution in [-0.4, -0.2) is 57.0 Å². The molecule has 0 aromatic heterocycles. The molecule has 6 nitrogen and oxygen atoms in total. The fraction of sp³-hybridized carbons (Fsp3) is 0.381. The first kappa shape index (κ1) is 20.3. The Morgan fingerprint density at radius 3 is 2.32 bits per heavy atom. The number of hydrogen-bond donors (Lipinski definition) is 0. The van der Waals surface area contributed by atoms with Gasteiger partial charge in [0.25, 0.3) is 0 Å². The van der Waals surface area contributed by atoms with Gasteiger partial charge in [-0.25, -0.2) is 8.42 Å². The zero-order valence-electron chi connectivity index (χ0n) is 16.3. The lowest BCUT2D eigenvalue weighted by Crippen LogP contribution is -2.49. The second kappa shape index (κ2) is 8.74. The fourth-order valence-electron chi connectivity index (χ4n) is 3.34. The molecule has 0 amide bonds. The Balaban J connectivity index is 1.50. The predicted molar refractivity (Wildman–Crippen MR) is 108 cm³/mol. The summed E-state index contributed by atoms with van der Waals surface area (Å²) in [4.78, 5) is 2.60. The summed E-state index contributed by atoms with van der Waals surface area (Å²) in [6, 6.07) is 14.6. The average Bonchev–Trinajstić information content (AvgIpc) is 2.68. The third-order valence-electron chi connectivity index (χ3n) is 4.94. The van der Waals surface area contributed by atoms with E-state index in [0.717, 1.165) is 23.4 Å². The quantitative estimate of drug-likeness (QED) is 0.746. The molecule has 0 radical (unpaired) electrons. The van der Waals surface area contributed by atoms with Crippen molar-refractivity contribution in [3.05, 3.63) is 59.2 Å². The third-order valence-corrected chi connectivity index (χ3v) is 7.00. The Bertz CT molecular complexity index is 957. The van der Waals surface area contributed by atoms with Crippen LogP contribution in [0.3, 0.4) is 0 Å². The lowest BCUT2D eigenvalue weighted by atomic mass is 10.2. The van der Waals surface area contributed by atoms with Gasteiger partial charge in [0.2, 0.25) is 10.0 Å². The zero-order chi connectivity index (χ0) is 20.1. The maximum Gasteiger partial charge on any atom is 0.243 e. The van der Waals surface area contributed by atoms with Crippen LogP contribution < -0.4 is 4.74 Å². The van der Waals surface area contributed by atoms with E-state index in [4.69, 9.17) is 10.00 Å². The number of ether oxygens (including phenoxy) is 1. The van der Waals surface area contributed by atoms with Crippen LogP contribution >= 0.6 is 0 Å². The van der Waals surface area contributed by atoms with Crippen LogP contribution in [-0.2, 0) is 10.0 Å². The molecule has 7 heteroatoms. The van der Waals surface area contributed by atoms with Crippen molar-refractivity contribution in [2.45, 2.75) is 18.7 Å². The molecule has 0 N–H and O–H groups in total. The molecular weight excluding hydrogens is 374 g/mol. The normalized spacial score (nSPS) is 15.9. The van der Waals surface area contributed by atoms with Crippen molar-refractivity contribution in [2.75, 3.05) is 39.3 Å². The van der Waals surface area contributed by atoms with Gasteiger partial charge in [-0.3, -0.25) is 4.90 Å². The molecule has 0 spiro atoms. The number of piperazine rings is 1. The van der Waals surface area contributed by atoms with Gasteiger partial charge >= 0.3 is 0 Å². The molecule has 0 saturated carbocycles. The second-order valence-corrected chi connectivity index (χ2v) is 8.91. The van der Waals surface area contributed by atoms with Crippen molar-refractivity contribution in [3.63, 3.8) is 0 Å². The molecule has 1 aliphatic heterocycles. The topological polar surface area (TPSA) is 73.6 Å². The molecule has 3 rings (SSSR count). The van der Waals surface area contributed by atoms with Gasteiger partial charge in [-0.2, -0.15) is 9.57 Å². The molecule has 1 saturated heterocycles. The Kier molecular flexibility index (Phi) is 6.35.